The molecule has 3 heterocycles. The van der Waals surface area contributed by atoms with Crippen molar-refractivity contribution in [3.63, 3.8) is 0 Å². The molecule has 0 atom stereocenters. The van der Waals surface area contributed by atoms with Crippen molar-refractivity contribution in [3.05, 3.63) is 71.5 Å². The molecule has 0 radical (unpaired) electrons. The monoisotopic (exact) mass is 375 g/mol. The summed E-state index contributed by atoms with van der Waals surface area (Å²) in [7, 11) is 1.70. The second kappa shape index (κ2) is 6.60. The van der Waals surface area contributed by atoms with Crippen molar-refractivity contribution in [3.8, 4) is 17.1 Å². The van der Waals surface area contributed by atoms with Crippen molar-refractivity contribution < 1.29 is 9.13 Å². The summed E-state index contributed by atoms with van der Waals surface area (Å²) in [6, 6.07) is 16.4. The van der Waals surface area contributed by atoms with Gasteiger partial charge in [-0.1, -0.05) is 24.3 Å². The first-order chi connectivity index (χ1) is 13.7. The Morgan fingerprint density at radius 2 is 1.89 bits per heavy atom. The highest BCUT2D eigenvalue weighted by atomic mass is 19.1. The van der Waals surface area contributed by atoms with E-state index < -0.39 is 0 Å². The van der Waals surface area contributed by atoms with Gasteiger partial charge in [-0.15, -0.1) is 15.3 Å². The molecule has 0 aliphatic carbocycles. The Hall–Kier alpha value is -3.48. The van der Waals surface area contributed by atoms with Crippen molar-refractivity contribution in [1.29, 1.82) is 0 Å². The number of benzene rings is 2. The summed E-state index contributed by atoms with van der Waals surface area (Å²) in [4.78, 5) is 2.20. The summed E-state index contributed by atoms with van der Waals surface area (Å²) in [6.07, 6.45) is 0.876. The lowest BCUT2D eigenvalue weighted by molar-refractivity contribution is 0.407. The molecule has 28 heavy (non-hydrogen) atoms. The first-order valence-electron chi connectivity index (χ1n) is 9.11. The molecule has 4 aromatic rings. The number of anilines is 1. The van der Waals surface area contributed by atoms with Gasteiger partial charge in [-0.2, -0.15) is 4.52 Å². The Balaban J connectivity index is 1.54. The van der Waals surface area contributed by atoms with Crippen LogP contribution in [0.5, 0.6) is 5.75 Å². The smallest absolute Gasteiger partial charge is 0.188 e. The Morgan fingerprint density at radius 1 is 1.00 bits per heavy atom. The van der Waals surface area contributed by atoms with E-state index in [1.165, 1.54) is 17.2 Å². The molecule has 0 saturated heterocycles. The van der Waals surface area contributed by atoms with Crippen LogP contribution in [-0.4, -0.2) is 33.5 Å². The lowest BCUT2D eigenvalue weighted by atomic mass is 9.99. The third kappa shape index (κ3) is 2.67. The topological polar surface area (TPSA) is 55.5 Å². The number of rotatable bonds is 3. The maximum Gasteiger partial charge on any atom is 0.188 e. The van der Waals surface area contributed by atoms with E-state index >= 15 is 0 Å². The molecule has 1 aliphatic rings. The molecule has 0 amide bonds. The molecule has 0 fully saturated rings. The second-order valence-electron chi connectivity index (χ2n) is 6.73. The van der Waals surface area contributed by atoms with Gasteiger partial charge in [-0.3, -0.25) is 0 Å². The van der Waals surface area contributed by atoms with E-state index in [0.717, 1.165) is 31.1 Å². The molecule has 2 aromatic carbocycles. The second-order valence-corrected chi connectivity index (χ2v) is 6.73. The Morgan fingerprint density at radius 3 is 2.75 bits per heavy atom. The first kappa shape index (κ1) is 16.7. The fourth-order valence-electron chi connectivity index (χ4n) is 3.72. The van der Waals surface area contributed by atoms with Crippen molar-refractivity contribution in [1.82, 2.24) is 19.8 Å². The SMILES string of the molecule is COc1cccc2c1CCN(c1ccc3nnc(-c4ccccc4F)n3n1)C2. The largest absolute Gasteiger partial charge is 0.496 e. The van der Waals surface area contributed by atoms with Gasteiger partial charge in [0.25, 0.3) is 0 Å². The van der Waals surface area contributed by atoms with Crippen LogP contribution in [0.2, 0.25) is 0 Å². The van der Waals surface area contributed by atoms with Crippen LogP contribution in [-0.2, 0) is 13.0 Å². The van der Waals surface area contributed by atoms with Gasteiger partial charge in [0, 0.05) is 18.7 Å². The normalized spacial score (nSPS) is 13.6. The predicted molar refractivity (Wildman–Crippen MR) is 104 cm³/mol. The number of ether oxygens (including phenoxy) is 1. The highest BCUT2D eigenvalue weighted by molar-refractivity contribution is 5.60. The summed E-state index contributed by atoms with van der Waals surface area (Å²) >= 11 is 0. The summed E-state index contributed by atoms with van der Waals surface area (Å²) in [5.41, 5.74) is 3.44. The van der Waals surface area contributed by atoms with E-state index in [1.807, 2.05) is 24.3 Å². The molecular formula is C21H18FN5O. The van der Waals surface area contributed by atoms with Crippen LogP contribution >= 0.6 is 0 Å². The number of hydrogen-bond donors (Lipinski definition) is 0. The molecular weight excluding hydrogens is 357 g/mol. The number of fused-ring (bicyclic) bond motifs is 2. The van der Waals surface area contributed by atoms with Crippen LogP contribution in [0.1, 0.15) is 11.1 Å². The molecule has 0 saturated carbocycles. The Bertz CT molecular complexity index is 1170. The van der Waals surface area contributed by atoms with Crippen molar-refractivity contribution in [2.45, 2.75) is 13.0 Å². The average molecular weight is 375 g/mol. The molecule has 140 valence electrons. The molecule has 0 spiro atoms. The summed E-state index contributed by atoms with van der Waals surface area (Å²) in [5, 5.41) is 13.0. The molecule has 0 N–H and O–H groups in total. The number of aromatic nitrogens is 4. The highest BCUT2D eigenvalue weighted by Crippen LogP contribution is 2.30. The van der Waals surface area contributed by atoms with Crippen LogP contribution in [0, 0.1) is 5.82 Å². The fraction of sp³-hybridized carbons (Fsp3) is 0.190. The molecule has 0 unspecified atom stereocenters. The number of nitrogens with zero attached hydrogens (tertiary/aromatic N) is 5. The highest BCUT2D eigenvalue weighted by Gasteiger charge is 2.21. The van der Waals surface area contributed by atoms with Gasteiger partial charge in [0.15, 0.2) is 11.5 Å². The molecule has 2 aromatic heterocycles. The third-order valence-electron chi connectivity index (χ3n) is 5.13. The first-order valence-corrected chi connectivity index (χ1v) is 9.11. The van der Waals surface area contributed by atoms with Gasteiger partial charge in [0.1, 0.15) is 17.4 Å². The quantitative estimate of drug-likeness (QED) is 0.549. The maximum atomic E-state index is 14.2. The zero-order valence-electron chi connectivity index (χ0n) is 15.3. The van der Waals surface area contributed by atoms with Crippen molar-refractivity contribution in [2.75, 3.05) is 18.6 Å². The van der Waals surface area contributed by atoms with E-state index in [4.69, 9.17) is 9.84 Å². The lowest BCUT2D eigenvalue weighted by Crippen LogP contribution is -2.31. The molecule has 1 aliphatic heterocycles. The van der Waals surface area contributed by atoms with Gasteiger partial charge in [-0.25, -0.2) is 4.39 Å². The minimum Gasteiger partial charge on any atom is -0.496 e. The van der Waals surface area contributed by atoms with Crippen LogP contribution < -0.4 is 9.64 Å². The van der Waals surface area contributed by atoms with Crippen LogP contribution in [0.25, 0.3) is 17.0 Å². The summed E-state index contributed by atoms with van der Waals surface area (Å²) in [5.74, 6) is 1.79. The van der Waals surface area contributed by atoms with E-state index in [1.54, 1.807) is 29.8 Å². The van der Waals surface area contributed by atoms with E-state index in [-0.39, 0.29) is 5.82 Å². The predicted octanol–water partition coefficient (Wildman–Crippen LogP) is 3.50. The van der Waals surface area contributed by atoms with Crippen LogP contribution in [0.4, 0.5) is 10.2 Å². The Kier molecular flexibility index (Phi) is 3.93. The summed E-state index contributed by atoms with van der Waals surface area (Å²) in [6.45, 7) is 1.56. The van der Waals surface area contributed by atoms with Gasteiger partial charge in [0.2, 0.25) is 0 Å². The molecule has 7 heteroatoms. The van der Waals surface area contributed by atoms with Crippen molar-refractivity contribution >= 4 is 11.5 Å². The zero-order chi connectivity index (χ0) is 19.1. The van der Waals surface area contributed by atoms with E-state index in [0.29, 0.717) is 17.0 Å². The zero-order valence-corrected chi connectivity index (χ0v) is 15.3. The third-order valence-corrected chi connectivity index (χ3v) is 5.13. The number of hydrogen-bond acceptors (Lipinski definition) is 5. The average Bonchev–Trinajstić information content (AvgIpc) is 3.16. The van der Waals surface area contributed by atoms with Gasteiger partial charge < -0.3 is 9.64 Å². The minimum atomic E-state index is -0.344. The van der Waals surface area contributed by atoms with E-state index in [9.17, 15) is 4.39 Å². The van der Waals surface area contributed by atoms with Crippen molar-refractivity contribution in [2.24, 2.45) is 0 Å². The van der Waals surface area contributed by atoms with Gasteiger partial charge in [-0.05, 0) is 42.3 Å². The Labute approximate surface area is 161 Å². The van der Waals surface area contributed by atoms with Gasteiger partial charge >= 0.3 is 0 Å². The maximum absolute atomic E-state index is 14.2. The fourth-order valence-corrected chi connectivity index (χ4v) is 3.72. The number of halogens is 1. The molecule has 5 rings (SSSR count). The van der Waals surface area contributed by atoms with Crippen LogP contribution in [0.3, 0.4) is 0 Å². The van der Waals surface area contributed by atoms with Crippen LogP contribution in [0.15, 0.2) is 54.6 Å². The van der Waals surface area contributed by atoms with Gasteiger partial charge in [0.05, 0.1) is 12.7 Å². The summed E-state index contributed by atoms with van der Waals surface area (Å²) < 4.78 is 21.3. The molecule has 6 nitrogen and oxygen atoms in total. The van der Waals surface area contributed by atoms with E-state index in [2.05, 4.69) is 21.2 Å². The standard InChI is InChI=1S/C21H18FN5O/c1-28-18-8-4-5-14-13-26(12-11-15(14)18)20-10-9-19-23-24-21(27(19)25-20)16-6-2-3-7-17(16)22/h2-10H,11-13H2,1H3. The molecule has 0 bridgehead atoms. The number of methoxy groups -OCH3 is 1. The minimum absolute atomic E-state index is 0.344. The lowest BCUT2D eigenvalue weighted by Gasteiger charge is -2.30.